The Bertz CT molecular complexity index is 220. The van der Waals surface area contributed by atoms with Gasteiger partial charge in [-0.3, -0.25) is 9.36 Å². The van der Waals surface area contributed by atoms with Gasteiger partial charge in [0.1, 0.15) is 0 Å². The van der Waals surface area contributed by atoms with E-state index in [1.54, 1.807) is 0 Å². The van der Waals surface area contributed by atoms with Crippen LogP contribution in [0.3, 0.4) is 0 Å². The van der Waals surface area contributed by atoms with Crippen LogP contribution >= 0.6 is 7.37 Å². The van der Waals surface area contributed by atoms with E-state index in [0.29, 0.717) is 0 Å². The SMILES string of the molecule is CC(N)(CCC(=O)O)P(C)(=O)O. The molecule has 0 aliphatic rings. The summed E-state index contributed by atoms with van der Waals surface area (Å²) < 4.78 is 11.1. The fourth-order valence-corrected chi connectivity index (χ4v) is 1.09. The summed E-state index contributed by atoms with van der Waals surface area (Å²) in [6.45, 7) is 2.52. The van der Waals surface area contributed by atoms with E-state index in [-0.39, 0.29) is 12.8 Å². The Morgan fingerprint density at radius 1 is 1.67 bits per heavy atom. The van der Waals surface area contributed by atoms with Gasteiger partial charge in [-0.25, -0.2) is 0 Å². The van der Waals surface area contributed by atoms with Gasteiger partial charge in [-0.15, -0.1) is 0 Å². The van der Waals surface area contributed by atoms with Crippen molar-refractivity contribution < 1.29 is 19.4 Å². The van der Waals surface area contributed by atoms with Crippen molar-refractivity contribution in [2.45, 2.75) is 25.0 Å². The molecule has 0 amide bonds. The molecule has 0 radical (unpaired) electrons. The molecule has 2 atom stereocenters. The van der Waals surface area contributed by atoms with Crippen molar-refractivity contribution in [3.8, 4) is 0 Å². The number of hydrogen-bond acceptors (Lipinski definition) is 3. The molecule has 0 aliphatic heterocycles. The Balaban J connectivity index is 4.24. The van der Waals surface area contributed by atoms with Crippen molar-refractivity contribution >= 4 is 13.3 Å². The number of aliphatic carboxylic acids is 1. The second-order valence-electron chi connectivity index (χ2n) is 3.13. The standard InChI is InChI=1S/C6H14NO4P/c1-6(7,12(2,10)11)4-3-5(8)9/h3-4,7H2,1-2H3,(H,8,9)(H,10,11). The molecule has 0 aromatic carbocycles. The second-order valence-corrected chi connectivity index (χ2v) is 5.91. The molecular formula is C6H14NO4P. The van der Waals surface area contributed by atoms with Crippen LogP contribution in [0.5, 0.6) is 0 Å². The van der Waals surface area contributed by atoms with E-state index in [1.807, 2.05) is 0 Å². The zero-order chi connectivity index (χ0) is 9.99. The van der Waals surface area contributed by atoms with Crippen LogP contribution < -0.4 is 5.73 Å². The molecule has 0 aromatic heterocycles. The molecule has 6 heteroatoms. The molecule has 4 N–H and O–H groups in total. The molecule has 0 heterocycles. The topological polar surface area (TPSA) is 101 Å². The van der Waals surface area contributed by atoms with E-state index in [1.165, 1.54) is 6.92 Å². The average molecular weight is 195 g/mol. The van der Waals surface area contributed by atoms with Crippen LogP contribution in [0.4, 0.5) is 0 Å². The second kappa shape index (κ2) is 3.56. The normalized spacial score (nSPS) is 21.0. The van der Waals surface area contributed by atoms with Crippen LogP contribution in [0.15, 0.2) is 0 Å². The number of carboxylic acid groups (broad SMARTS) is 1. The van der Waals surface area contributed by atoms with Gasteiger partial charge in [0, 0.05) is 13.1 Å². The van der Waals surface area contributed by atoms with Crippen LogP contribution in [-0.2, 0) is 9.36 Å². The first-order valence-corrected chi connectivity index (χ1v) is 5.58. The van der Waals surface area contributed by atoms with Gasteiger partial charge >= 0.3 is 5.97 Å². The number of rotatable bonds is 4. The molecule has 0 bridgehead atoms. The maximum atomic E-state index is 11.1. The average Bonchev–Trinajstić information content (AvgIpc) is 1.81. The van der Waals surface area contributed by atoms with Gasteiger partial charge in [-0.1, -0.05) is 0 Å². The van der Waals surface area contributed by atoms with Crippen molar-refractivity contribution in [1.82, 2.24) is 0 Å². The Morgan fingerprint density at radius 3 is 2.33 bits per heavy atom. The molecule has 0 aliphatic carbocycles. The lowest BCUT2D eigenvalue weighted by Gasteiger charge is -2.26. The number of hydrogen-bond donors (Lipinski definition) is 3. The van der Waals surface area contributed by atoms with Crippen LogP contribution in [0, 0.1) is 0 Å². The third-order valence-corrected chi connectivity index (χ3v) is 3.91. The summed E-state index contributed by atoms with van der Waals surface area (Å²) in [5, 5.41) is 7.02. The van der Waals surface area contributed by atoms with Crippen LogP contribution in [0.1, 0.15) is 19.8 Å². The molecule has 0 saturated heterocycles. The van der Waals surface area contributed by atoms with Crippen LogP contribution in [0.2, 0.25) is 0 Å². The summed E-state index contributed by atoms with van der Waals surface area (Å²) in [6.07, 6.45) is -0.183. The fraction of sp³-hybridized carbons (Fsp3) is 0.833. The highest BCUT2D eigenvalue weighted by molar-refractivity contribution is 7.58. The molecule has 0 spiro atoms. The Kier molecular flexibility index (Phi) is 3.45. The zero-order valence-electron chi connectivity index (χ0n) is 7.15. The van der Waals surface area contributed by atoms with E-state index in [4.69, 9.17) is 15.7 Å². The molecular weight excluding hydrogens is 181 g/mol. The molecule has 0 aromatic rings. The van der Waals surface area contributed by atoms with Gasteiger partial charge in [-0.05, 0) is 13.3 Å². The van der Waals surface area contributed by atoms with Gasteiger partial charge in [0.05, 0.1) is 5.28 Å². The largest absolute Gasteiger partial charge is 0.481 e. The summed E-state index contributed by atoms with van der Waals surface area (Å²) in [4.78, 5) is 19.2. The van der Waals surface area contributed by atoms with Gasteiger partial charge < -0.3 is 15.7 Å². The minimum Gasteiger partial charge on any atom is -0.481 e. The lowest BCUT2D eigenvalue weighted by molar-refractivity contribution is -0.137. The highest BCUT2D eigenvalue weighted by atomic mass is 31.2. The fourth-order valence-electron chi connectivity index (χ4n) is 0.567. The minimum absolute atomic E-state index is 0.00656. The Morgan fingerprint density at radius 2 is 2.08 bits per heavy atom. The van der Waals surface area contributed by atoms with Gasteiger partial charge in [-0.2, -0.15) is 0 Å². The maximum Gasteiger partial charge on any atom is 0.303 e. The van der Waals surface area contributed by atoms with E-state index < -0.39 is 18.6 Å². The molecule has 72 valence electrons. The van der Waals surface area contributed by atoms with E-state index in [0.717, 1.165) is 6.66 Å². The van der Waals surface area contributed by atoms with Crippen molar-refractivity contribution in [3.63, 3.8) is 0 Å². The molecule has 0 rings (SSSR count). The monoisotopic (exact) mass is 195 g/mol. The molecule has 12 heavy (non-hydrogen) atoms. The summed E-state index contributed by atoms with van der Waals surface area (Å²) in [5.74, 6) is -1.01. The highest BCUT2D eigenvalue weighted by Crippen LogP contribution is 2.49. The summed E-state index contributed by atoms with van der Waals surface area (Å²) in [6, 6.07) is 0. The number of carbonyl (C=O) groups is 1. The smallest absolute Gasteiger partial charge is 0.303 e. The van der Waals surface area contributed by atoms with Crippen molar-refractivity contribution in [3.05, 3.63) is 0 Å². The van der Waals surface area contributed by atoms with Gasteiger partial charge in [0.2, 0.25) is 7.37 Å². The van der Waals surface area contributed by atoms with Crippen molar-refractivity contribution in [1.29, 1.82) is 0 Å². The van der Waals surface area contributed by atoms with Crippen LogP contribution in [0.25, 0.3) is 0 Å². The zero-order valence-corrected chi connectivity index (χ0v) is 8.04. The van der Waals surface area contributed by atoms with Gasteiger partial charge in [0.15, 0.2) is 0 Å². The predicted molar refractivity (Wildman–Crippen MR) is 45.2 cm³/mol. The first kappa shape index (κ1) is 11.6. The molecule has 0 fully saturated rings. The lowest BCUT2D eigenvalue weighted by Crippen LogP contribution is -2.36. The van der Waals surface area contributed by atoms with Crippen molar-refractivity contribution in [2.24, 2.45) is 5.73 Å². The van der Waals surface area contributed by atoms with E-state index in [9.17, 15) is 9.36 Å². The molecule has 5 nitrogen and oxygen atoms in total. The van der Waals surface area contributed by atoms with E-state index >= 15 is 0 Å². The first-order valence-electron chi connectivity index (χ1n) is 3.48. The number of nitrogens with two attached hydrogens (primary N) is 1. The Hall–Kier alpha value is -0.380. The van der Waals surface area contributed by atoms with Crippen LogP contribution in [-0.4, -0.2) is 27.9 Å². The third-order valence-electron chi connectivity index (χ3n) is 1.79. The van der Waals surface area contributed by atoms with Crippen molar-refractivity contribution in [2.75, 3.05) is 6.66 Å². The minimum atomic E-state index is -3.41. The summed E-state index contributed by atoms with van der Waals surface area (Å²) in [7, 11) is -3.41. The first-order chi connectivity index (χ1) is 5.17. The maximum absolute atomic E-state index is 11.1. The summed E-state index contributed by atoms with van der Waals surface area (Å²) >= 11 is 0. The molecule has 2 unspecified atom stereocenters. The third kappa shape index (κ3) is 3.34. The lowest BCUT2D eigenvalue weighted by atomic mass is 10.2. The van der Waals surface area contributed by atoms with E-state index in [2.05, 4.69) is 0 Å². The summed E-state index contributed by atoms with van der Waals surface area (Å²) in [5.41, 5.74) is 5.47. The highest BCUT2D eigenvalue weighted by Gasteiger charge is 2.35. The predicted octanol–water partition coefficient (Wildman–Crippen LogP) is 0.426. The molecule has 0 saturated carbocycles. The Labute approximate surface area is 71.0 Å². The number of carboxylic acids is 1. The van der Waals surface area contributed by atoms with Gasteiger partial charge in [0.25, 0.3) is 0 Å². The quantitative estimate of drug-likeness (QED) is 0.564.